The Hall–Kier alpha value is -1.25. The summed E-state index contributed by atoms with van der Waals surface area (Å²) in [6.07, 6.45) is 16.8. The summed E-state index contributed by atoms with van der Waals surface area (Å²) >= 11 is 0. The Labute approximate surface area is 211 Å². The fourth-order valence-electron chi connectivity index (χ4n) is 3.11. The number of rotatable bonds is 24. The number of carbonyl (C=O) groups is 2. The van der Waals surface area contributed by atoms with Gasteiger partial charge in [0.1, 0.15) is 12.7 Å². The number of allylic oxidation sites excluding steroid dienone is 2. The molecule has 2 atom stereocenters. The van der Waals surface area contributed by atoms with Crippen molar-refractivity contribution in [2.45, 2.75) is 110 Å². The maximum Gasteiger partial charge on any atom is 0.472 e. The van der Waals surface area contributed by atoms with Gasteiger partial charge in [-0.1, -0.05) is 64.5 Å². The molecule has 10 heteroatoms. The molecule has 0 saturated carbocycles. The van der Waals surface area contributed by atoms with E-state index in [-0.39, 0.29) is 32.1 Å². The Bertz CT molecular complexity index is 614. The maximum absolute atomic E-state index is 11.8. The lowest BCUT2D eigenvalue weighted by Gasteiger charge is -2.15. The molecule has 0 spiro atoms. The van der Waals surface area contributed by atoms with Crippen molar-refractivity contribution in [1.82, 2.24) is 5.32 Å². The van der Waals surface area contributed by atoms with Crippen molar-refractivity contribution in [2.24, 2.45) is 0 Å². The number of esters is 1. The molecule has 206 valence electrons. The van der Waals surface area contributed by atoms with Crippen molar-refractivity contribution in [3.8, 4) is 0 Å². The highest BCUT2D eigenvalue weighted by molar-refractivity contribution is 7.47. The van der Waals surface area contributed by atoms with Gasteiger partial charge in [0.25, 0.3) is 0 Å². The van der Waals surface area contributed by atoms with Gasteiger partial charge in [-0.15, -0.1) is 0 Å². The van der Waals surface area contributed by atoms with Gasteiger partial charge in [0.05, 0.1) is 13.2 Å². The summed E-state index contributed by atoms with van der Waals surface area (Å²) in [5.74, 6) is -0.566. The van der Waals surface area contributed by atoms with Gasteiger partial charge in [-0.25, -0.2) is 4.57 Å². The van der Waals surface area contributed by atoms with Gasteiger partial charge >= 0.3 is 13.8 Å². The van der Waals surface area contributed by atoms with Crippen LogP contribution in [0.5, 0.6) is 0 Å². The van der Waals surface area contributed by atoms with Gasteiger partial charge in [0.2, 0.25) is 5.91 Å². The fraction of sp³-hybridized carbons (Fsp3) is 0.840. The zero-order valence-electron chi connectivity index (χ0n) is 21.8. The molecule has 0 aromatic heterocycles. The molecule has 0 bridgehead atoms. The van der Waals surface area contributed by atoms with Crippen LogP contribution in [0.4, 0.5) is 0 Å². The number of unbranched alkanes of at least 4 members (excludes halogenated alkanes) is 9. The zero-order valence-corrected chi connectivity index (χ0v) is 22.6. The van der Waals surface area contributed by atoms with Crippen molar-refractivity contribution in [3.05, 3.63) is 12.2 Å². The molecule has 0 aliphatic heterocycles. The Morgan fingerprint density at radius 3 is 2.17 bits per heavy atom. The fourth-order valence-corrected chi connectivity index (χ4v) is 3.87. The average Bonchev–Trinajstić information content (AvgIpc) is 2.83. The van der Waals surface area contributed by atoms with E-state index in [4.69, 9.17) is 13.8 Å². The SMILES string of the molecule is CCCCC/C=C\CCCCCCCC(=O)OCC(O)COP(=O)(O)OCCNC(=O)CCCC. The van der Waals surface area contributed by atoms with Crippen molar-refractivity contribution in [1.29, 1.82) is 0 Å². The first-order valence-electron chi connectivity index (χ1n) is 13.2. The van der Waals surface area contributed by atoms with Crippen LogP contribution in [0.25, 0.3) is 0 Å². The van der Waals surface area contributed by atoms with Crippen LogP contribution >= 0.6 is 7.82 Å². The number of ether oxygens (including phenoxy) is 1. The predicted octanol–water partition coefficient (Wildman–Crippen LogP) is 5.20. The number of hydrogen-bond donors (Lipinski definition) is 3. The monoisotopic (exact) mass is 521 g/mol. The number of aliphatic hydroxyl groups excluding tert-OH is 1. The summed E-state index contributed by atoms with van der Waals surface area (Å²) in [5, 5.41) is 12.4. The van der Waals surface area contributed by atoms with Gasteiger partial charge in [0, 0.05) is 19.4 Å². The number of amides is 1. The summed E-state index contributed by atoms with van der Waals surface area (Å²) in [5.41, 5.74) is 0. The molecule has 35 heavy (non-hydrogen) atoms. The third kappa shape index (κ3) is 24.2. The molecule has 0 aliphatic carbocycles. The molecule has 9 nitrogen and oxygen atoms in total. The molecule has 2 unspecified atom stereocenters. The number of carbonyl (C=O) groups excluding carboxylic acids is 2. The molecular formula is C25H48NO8P. The van der Waals surface area contributed by atoms with Gasteiger partial charge in [-0.05, 0) is 38.5 Å². The minimum atomic E-state index is -4.37. The molecule has 0 fully saturated rings. The molecule has 3 N–H and O–H groups in total. The number of nitrogens with one attached hydrogen (secondary N) is 1. The number of phosphoric ester groups is 1. The minimum Gasteiger partial charge on any atom is -0.463 e. The number of aliphatic hydroxyl groups is 1. The maximum atomic E-state index is 11.8. The quantitative estimate of drug-likeness (QED) is 0.0684. The molecular weight excluding hydrogens is 473 g/mol. The lowest BCUT2D eigenvalue weighted by molar-refractivity contribution is -0.147. The highest BCUT2D eigenvalue weighted by atomic mass is 31.2. The third-order valence-electron chi connectivity index (χ3n) is 5.20. The predicted molar refractivity (Wildman–Crippen MR) is 137 cm³/mol. The van der Waals surface area contributed by atoms with Crippen molar-refractivity contribution in [3.63, 3.8) is 0 Å². The topological polar surface area (TPSA) is 131 Å². The van der Waals surface area contributed by atoms with E-state index in [0.29, 0.717) is 6.42 Å². The summed E-state index contributed by atoms with van der Waals surface area (Å²) in [7, 11) is -4.37. The Balaban J connectivity index is 3.68. The van der Waals surface area contributed by atoms with Crippen LogP contribution in [-0.4, -0.2) is 54.3 Å². The normalized spacial score (nSPS) is 14.1. The summed E-state index contributed by atoms with van der Waals surface area (Å²) in [4.78, 5) is 32.8. The van der Waals surface area contributed by atoms with Crippen LogP contribution in [0.3, 0.4) is 0 Å². The summed E-state index contributed by atoms with van der Waals surface area (Å²) in [6.45, 7) is 3.22. The molecule has 0 rings (SSSR count). The van der Waals surface area contributed by atoms with Gasteiger partial charge in [-0.2, -0.15) is 0 Å². The second-order valence-electron chi connectivity index (χ2n) is 8.66. The van der Waals surface area contributed by atoms with Gasteiger partial charge in [0.15, 0.2) is 0 Å². The number of hydrogen-bond acceptors (Lipinski definition) is 7. The van der Waals surface area contributed by atoms with Crippen LogP contribution in [0.2, 0.25) is 0 Å². The Morgan fingerprint density at radius 2 is 1.49 bits per heavy atom. The van der Waals surface area contributed by atoms with E-state index in [0.717, 1.165) is 51.4 Å². The first-order chi connectivity index (χ1) is 16.8. The van der Waals surface area contributed by atoms with Crippen LogP contribution in [-0.2, 0) is 27.9 Å². The first-order valence-corrected chi connectivity index (χ1v) is 14.7. The highest BCUT2D eigenvalue weighted by Gasteiger charge is 2.23. The van der Waals surface area contributed by atoms with Crippen molar-refractivity contribution < 1.29 is 37.9 Å². The number of phosphoric acid groups is 1. The molecule has 1 amide bonds. The molecule has 0 aliphatic rings. The van der Waals surface area contributed by atoms with E-state index in [2.05, 4.69) is 24.4 Å². The lowest BCUT2D eigenvalue weighted by atomic mass is 10.1. The van der Waals surface area contributed by atoms with Crippen LogP contribution < -0.4 is 5.32 Å². The van der Waals surface area contributed by atoms with Crippen molar-refractivity contribution >= 4 is 19.7 Å². The smallest absolute Gasteiger partial charge is 0.463 e. The molecule has 0 radical (unpaired) electrons. The standard InChI is InChI=1S/C25H48NO8P/c1-3-5-7-8-9-10-11-12-13-14-15-16-18-25(29)32-21-23(27)22-34-35(30,31)33-20-19-26-24(28)17-6-4-2/h9-10,23,27H,3-8,11-22H2,1-2H3,(H,26,28)(H,30,31)/b10-9-. The zero-order chi connectivity index (χ0) is 26.2. The van der Waals surface area contributed by atoms with E-state index >= 15 is 0 Å². The van der Waals surface area contributed by atoms with Crippen molar-refractivity contribution in [2.75, 3.05) is 26.4 Å². The lowest BCUT2D eigenvalue weighted by Crippen LogP contribution is -2.27. The van der Waals surface area contributed by atoms with E-state index in [9.17, 15) is 24.2 Å². The highest BCUT2D eigenvalue weighted by Crippen LogP contribution is 2.42. The van der Waals surface area contributed by atoms with Crippen LogP contribution in [0.1, 0.15) is 104 Å². The summed E-state index contributed by atoms with van der Waals surface area (Å²) in [6, 6.07) is 0. The second kappa shape index (κ2) is 23.2. The minimum absolute atomic E-state index is 0.0762. The molecule has 0 saturated heterocycles. The Kier molecular flexibility index (Phi) is 22.3. The van der Waals surface area contributed by atoms with E-state index in [1.165, 1.54) is 25.7 Å². The third-order valence-corrected chi connectivity index (χ3v) is 6.18. The van der Waals surface area contributed by atoms with Gasteiger partial charge < -0.3 is 20.1 Å². The van der Waals surface area contributed by atoms with Crippen LogP contribution in [0, 0.1) is 0 Å². The van der Waals surface area contributed by atoms with Gasteiger partial charge in [-0.3, -0.25) is 18.6 Å². The molecule has 0 aromatic rings. The van der Waals surface area contributed by atoms with E-state index < -0.39 is 26.5 Å². The molecule has 0 aromatic carbocycles. The average molecular weight is 522 g/mol. The largest absolute Gasteiger partial charge is 0.472 e. The van der Waals surface area contributed by atoms with E-state index in [1.54, 1.807) is 0 Å². The first kappa shape index (κ1) is 33.8. The molecule has 0 heterocycles. The second-order valence-corrected chi connectivity index (χ2v) is 10.1. The van der Waals surface area contributed by atoms with E-state index in [1.807, 2.05) is 6.92 Å². The summed E-state index contributed by atoms with van der Waals surface area (Å²) < 4.78 is 26.2. The van der Waals surface area contributed by atoms with Crippen LogP contribution in [0.15, 0.2) is 12.2 Å². The Morgan fingerprint density at radius 1 is 0.857 bits per heavy atom.